The lowest BCUT2D eigenvalue weighted by atomic mass is 9.46. The minimum absolute atomic E-state index is 0.169. The molecule has 0 aliphatic heterocycles. The Balaban J connectivity index is 2.09. The second kappa shape index (κ2) is 1.98. The molecule has 0 amide bonds. The van der Waals surface area contributed by atoms with E-state index in [0.29, 0.717) is 32.1 Å². The maximum absolute atomic E-state index is 7.88. The van der Waals surface area contributed by atoms with Crippen LogP contribution in [-0.2, 0) is 0 Å². The first-order chi connectivity index (χ1) is 8.41. The third-order valence-electron chi connectivity index (χ3n) is 4.11. The molecule has 2 unspecified atom stereocenters. The molecule has 0 radical (unpaired) electrons. The summed E-state index contributed by atoms with van der Waals surface area (Å²) in [5.74, 6) is 0.169. The highest BCUT2D eigenvalue weighted by atomic mass is 14.8. The second-order valence-electron chi connectivity index (χ2n) is 5.93. The zero-order valence-electron chi connectivity index (χ0n) is 13.9. The minimum atomic E-state index is -2.10. The van der Waals surface area contributed by atoms with Gasteiger partial charge in [0, 0.05) is 13.8 Å². The van der Waals surface area contributed by atoms with Gasteiger partial charge in [0.1, 0.15) is 0 Å². The van der Waals surface area contributed by atoms with Crippen LogP contribution >= 0.6 is 0 Å². The lowest BCUT2D eigenvalue weighted by molar-refractivity contribution is -0.104. The van der Waals surface area contributed by atoms with E-state index in [4.69, 9.17) is 14.0 Å². The van der Waals surface area contributed by atoms with Crippen LogP contribution in [0.5, 0.6) is 0 Å². The molecule has 0 saturated heterocycles. The molecule has 4 saturated carbocycles. The zero-order chi connectivity index (χ0) is 14.3. The molecule has 4 fully saturated rings. The van der Waals surface area contributed by atoms with Crippen molar-refractivity contribution in [2.45, 2.75) is 57.8 Å². The van der Waals surface area contributed by atoms with Gasteiger partial charge in [-0.05, 0) is 55.3 Å². The van der Waals surface area contributed by atoms with Gasteiger partial charge in [-0.15, -0.1) is 0 Å². The summed E-state index contributed by atoms with van der Waals surface area (Å²) in [5.41, 5.74) is 4.07. The van der Waals surface area contributed by atoms with Gasteiger partial charge in [0.15, 0.2) is 0 Å². The fraction of sp³-hybridized carbons (Fsp3) is 1.00. The van der Waals surface area contributed by atoms with Crippen LogP contribution < -0.4 is 5.73 Å². The Morgan fingerprint density at radius 3 is 2.15 bits per heavy atom. The summed E-state index contributed by atoms with van der Waals surface area (Å²) in [5, 5.41) is 0. The van der Waals surface area contributed by atoms with Crippen LogP contribution in [0.4, 0.5) is 0 Å². The molecule has 0 aromatic heterocycles. The first kappa shape index (κ1) is 4.22. The average Bonchev–Trinajstić information content (AvgIpc) is 2.09. The molecule has 1 heteroatoms. The molecule has 1 nitrogen and oxygen atoms in total. The van der Waals surface area contributed by atoms with Crippen LogP contribution in [0.1, 0.15) is 60.5 Å². The fourth-order valence-corrected chi connectivity index (χ4v) is 4.51. The van der Waals surface area contributed by atoms with E-state index in [9.17, 15) is 0 Å². The lowest BCUT2D eigenvalue weighted by Crippen LogP contribution is -2.62. The van der Waals surface area contributed by atoms with E-state index in [0.717, 1.165) is 6.42 Å². The number of hydrogen-bond acceptors (Lipinski definition) is 1. The van der Waals surface area contributed by atoms with Crippen molar-refractivity contribution >= 4 is 0 Å². The van der Waals surface area contributed by atoms with Crippen molar-refractivity contribution < 1.29 is 8.22 Å². The highest BCUT2D eigenvalue weighted by Crippen LogP contribution is 2.65. The van der Waals surface area contributed by atoms with Crippen molar-refractivity contribution in [1.29, 1.82) is 0 Å². The van der Waals surface area contributed by atoms with Crippen LogP contribution in [-0.4, -0.2) is 5.54 Å². The molecule has 13 heavy (non-hydrogen) atoms. The molecule has 4 atom stereocenters. The SMILES string of the molecule is [2H][13C]([2H])([2H])[C@@]12CC3CC(N)(C1)C[C@]([13C]([2H])([2H])[2H])(C3)C2. The van der Waals surface area contributed by atoms with E-state index in [-0.39, 0.29) is 5.92 Å². The molecule has 0 heterocycles. The fourth-order valence-electron chi connectivity index (χ4n) is 4.51. The molecular formula is C12H21N. The molecule has 74 valence electrons. The topological polar surface area (TPSA) is 26.0 Å². The van der Waals surface area contributed by atoms with Crippen molar-refractivity contribution in [3.05, 3.63) is 0 Å². The molecule has 0 aromatic carbocycles. The van der Waals surface area contributed by atoms with Crippen LogP contribution in [0.3, 0.4) is 0 Å². The summed E-state index contributed by atoms with van der Waals surface area (Å²) in [6.45, 7) is -4.21. The van der Waals surface area contributed by atoms with Gasteiger partial charge in [-0.2, -0.15) is 0 Å². The number of hydrogen-bond donors (Lipinski definition) is 1. The van der Waals surface area contributed by atoms with Gasteiger partial charge in [0.25, 0.3) is 0 Å². The van der Waals surface area contributed by atoms with Gasteiger partial charge >= 0.3 is 0 Å². The molecule has 0 aromatic rings. The summed E-state index contributed by atoms with van der Waals surface area (Å²) < 4.78 is 47.3. The molecule has 4 aliphatic rings. The summed E-state index contributed by atoms with van der Waals surface area (Å²) >= 11 is 0. The predicted octanol–water partition coefficient (Wildman–Crippen LogP) is 2.69. The summed E-state index contributed by atoms with van der Waals surface area (Å²) in [6, 6.07) is 0. The van der Waals surface area contributed by atoms with Gasteiger partial charge in [0.05, 0.1) is 0 Å². The molecule has 4 bridgehead atoms. The van der Waals surface area contributed by atoms with Crippen molar-refractivity contribution in [2.24, 2.45) is 22.5 Å². The lowest BCUT2D eigenvalue weighted by Gasteiger charge is -2.64. The molecule has 0 spiro atoms. The van der Waals surface area contributed by atoms with E-state index in [1.165, 1.54) is 0 Å². The quantitative estimate of drug-likeness (QED) is 0.580. The van der Waals surface area contributed by atoms with Crippen molar-refractivity contribution in [2.75, 3.05) is 0 Å². The van der Waals surface area contributed by atoms with Gasteiger partial charge in [0.2, 0.25) is 0 Å². The van der Waals surface area contributed by atoms with E-state index >= 15 is 0 Å². The zero-order valence-corrected chi connectivity index (χ0v) is 7.90. The Morgan fingerprint density at radius 2 is 1.69 bits per heavy atom. The van der Waals surface area contributed by atoms with Crippen LogP contribution in [0.15, 0.2) is 0 Å². The largest absolute Gasteiger partial charge is 0.325 e. The Kier molecular flexibility index (Phi) is 0.642. The highest BCUT2D eigenvalue weighted by Gasteiger charge is 2.58. The Labute approximate surface area is 89.5 Å². The van der Waals surface area contributed by atoms with Crippen molar-refractivity contribution in [3.63, 3.8) is 0 Å². The second-order valence-corrected chi connectivity index (χ2v) is 5.93. The summed E-state index contributed by atoms with van der Waals surface area (Å²) in [7, 11) is 0. The average molecular weight is 187 g/mol. The van der Waals surface area contributed by atoms with Crippen LogP contribution in [0, 0.1) is 16.7 Å². The van der Waals surface area contributed by atoms with E-state index in [2.05, 4.69) is 0 Å². The maximum atomic E-state index is 7.88. The summed E-state index contributed by atoms with van der Waals surface area (Å²) in [4.78, 5) is 0. The Bertz CT molecular complexity index is 381. The standard InChI is InChI=1S/C12H21N/c1-10-3-9-4-11(2,6-10)8-12(13,5-9)7-10/h9H,3-8,13H2,1-2H3/t9?,10-,11+,12?/i1+1D3,2+1D3. The van der Waals surface area contributed by atoms with Gasteiger partial charge in [-0.25, -0.2) is 0 Å². The first-order valence-corrected chi connectivity index (χ1v) is 5.20. The number of nitrogens with two attached hydrogens (primary N) is 1. The normalized spacial score (nSPS) is 73.2. The Hall–Kier alpha value is -0.0400. The van der Waals surface area contributed by atoms with Gasteiger partial charge in [-0.3, -0.25) is 0 Å². The van der Waals surface area contributed by atoms with Crippen LogP contribution in [0.25, 0.3) is 0 Å². The van der Waals surface area contributed by atoms with E-state index in [1.54, 1.807) is 0 Å². The van der Waals surface area contributed by atoms with Crippen molar-refractivity contribution in [3.8, 4) is 0 Å². The van der Waals surface area contributed by atoms with Crippen LogP contribution in [0.2, 0.25) is 0 Å². The molecule has 4 aliphatic carbocycles. The minimum Gasteiger partial charge on any atom is -0.325 e. The van der Waals surface area contributed by atoms with E-state index in [1.807, 2.05) is 0 Å². The predicted molar refractivity (Wildman–Crippen MR) is 54.3 cm³/mol. The Morgan fingerprint density at radius 1 is 1.08 bits per heavy atom. The third kappa shape index (κ3) is 1.09. The van der Waals surface area contributed by atoms with E-state index < -0.39 is 30.1 Å². The smallest absolute Gasteiger partial charge is 0.0236 e. The molecule has 4 rings (SSSR count). The summed E-state index contributed by atoms with van der Waals surface area (Å²) in [6.07, 6.45) is 3.27. The first-order valence-electron chi connectivity index (χ1n) is 8.20. The maximum Gasteiger partial charge on any atom is 0.0236 e. The molecule has 2 N–H and O–H groups in total. The third-order valence-corrected chi connectivity index (χ3v) is 4.11. The number of rotatable bonds is 0. The highest BCUT2D eigenvalue weighted by molar-refractivity contribution is 5.12. The van der Waals surface area contributed by atoms with Crippen molar-refractivity contribution in [1.82, 2.24) is 0 Å². The molecular weight excluding hydrogens is 160 g/mol. The van der Waals surface area contributed by atoms with Gasteiger partial charge in [-0.1, -0.05) is 13.7 Å². The van der Waals surface area contributed by atoms with Gasteiger partial charge < -0.3 is 5.73 Å². The monoisotopic (exact) mass is 187 g/mol.